The fourth-order valence-corrected chi connectivity index (χ4v) is 4.52. The summed E-state index contributed by atoms with van der Waals surface area (Å²) in [6.45, 7) is 0. The third-order valence-corrected chi connectivity index (χ3v) is 6.47. The van der Waals surface area contributed by atoms with Gasteiger partial charge in [0.2, 0.25) is 0 Å². The van der Waals surface area contributed by atoms with Crippen molar-refractivity contribution in [3.8, 4) is 0 Å². The van der Waals surface area contributed by atoms with Crippen molar-refractivity contribution >= 4 is 33.3 Å². The van der Waals surface area contributed by atoms with E-state index in [2.05, 4.69) is 15.9 Å². The summed E-state index contributed by atoms with van der Waals surface area (Å²) in [7, 11) is 0. The summed E-state index contributed by atoms with van der Waals surface area (Å²) in [5, 5.41) is 0.00667. The molecule has 3 atom stereocenters. The van der Waals surface area contributed by atoms with Crippen LogP contribution in [-0.2, 0) is 0 Å². The molecule has 0 saturated heterocycles. The number of benzene rings is 1. The minimum absolute atomic E-state index is 0.00667. The first-order valence-electron chi connectivity index (χ1n) is 7.75. The van der Waals surface area contributed by atoms with Crippen LogP contribution in [0.3, 0.4) is 0 Å². The Hall–Kier alpha value is -0.410. The lowest BCUT2D eigenvalue weighted by atomic mass is 9.66. The molecule has 1 aromatic rings. The fourth-order valence-electron chi connectivity index (χ4n) is 4.05. The van der Waals surface area contributed by atoms with Gasteiger partial charge in [-0.05, 0) is 59.2 Å². The molecular weight excluding hydrogens is 355 g/mol. The predicted molar refractivity (Wildman–Crippen MR) is 86.2 cm³/mol. The zero-order chi connectivity index (χ0) is 15.0. The van der Waals surface area contributed by atoms with Gasteiger partial charge in [-0.15, -0.1) is 0 Å². The van der Waals surface area contributed by atoms with Gasteiger partial charge in [0.15, 0.2) is 11.6 Å². The molecule has 0 heterocycles. The molecule has 2 fully saturated rings. The summed E-state index contributed by atoms with van der Waals surface area (Å²) in [4.78, 5) is 12.6. The summed E-state index contributed by atoms with van der Waals surface area (Å²) in [5.41, 5.74) is 0.155. The van der Waals surface area contributed by atoms with Crippen LogP contribution in [0.15, 0.2) is 16.6 Å². The molecule has 1 aromatic carbocycles. The van der Waals surface area contributed by atoms with E-state index in [1.165, 1.54) is 25.7 Å². The third kappa shape index (κ3) is 3.05. The lowest BCUT2D eigenvalue weighted by molar-refractivity contribution is 0.0759. The van der Waals surface area contributed by atoms with Gasteiger partial charge in [0.25, 0.3) is 0 Å². The molecule has 0 radical (unpaired) electrons. The molecule has 0 amide bonds. The Kier molecular flexibility index (Phi) is 4.70. The molecule has 0 N–H and O–H groups in total. The Labute approximate surface area is 138 Å². The van der Waals surface area contributed by atoms with E-state index in [0.29, 0.717) is 10.4 Å². The van der Waals surface area contributed by atoms with Gasteiger partial charge in [-0.3, -0.25) is 4.79 Å². The Morgan fingerprint density at radius 2 is 1.86 bits per heavy atom. The van der Waals surface area contributed by atoms with Crippen LogP contribution >= 0.6 is 27.5 Å². The number of halogens is 3. The zero-order valence-electron chi connectivity index (χ0n) is 11.9. The van der Waals surface area contributed by atoms with Crippen molar-refractivity contribution in [2.75, 3.05) is 0 Å². The summed E-state index contributed by atoms with van der Waals surface area (Å²) in [6, 6.07) is 3.21. The molecule has 0 aromatic heterocycles. The van der Waals surface area contributed by atoms with Crippen molar-refractivity contribution in [2.24, 2.45) is 17.8 Å². The van der Waals surface area contributed by atoms with Crippen LogP contribution < -0.4 is 0 Å². The van der Waals surface area contributed by atoms with Crippen molar-refractivity contribution in [3.05, 3.63) is 33.0 Å². The molecule has 3 unspecified atom stereocenters. The van der Waals surface area contributed by atoms with E-state index in [1.54, 1.807) is 12.1 Å². The first-order valence-corrected chi connectivity index (χ1v) is 8.92. The quantitative estimate of drug-likeness (QED) is 0.457. The molecule has 3 rings (SSSR count). The average molecular weight is 374 g/mol. The van der Waals surface area contributed by atoms with Crippen molar-refractivity contribution in [1.82, 2.24) is 0 Å². The van der Waals surface area contributed by atoms with Crippen LogP contribution in [0, 0.1) is 23.6 Å². The second kappa shape index (κ2) is 6.37. The van der Waals surface area contributed by atoms with Crippen molar-refractivity contribution in [2.45, 2.75) is 44.9 Å². The summed E-state index contributed by atoms with van der Waals surface area (Å²) in [6.07, 6.45) is 8.09. The highest BCUT2D eigenvalue weighted by Crippen LogP contribution is 2.44. The Morgan fingerprint density at radius 1 is 1.14 bits per heavy atom. The highest BCUT2D eigenvalue weighted by molar-refractivity contribution is 9.10. The van der Waals surface area contributed by atoms with Gasteiger partial charge >= 0.3 is 0 Å². The summed E-state index contributed by atoms with van der Waals surface area (Å²) < 4.78 is 14.7. The number of carbonyl (C=O) groups is 1. The van der Waals surface area contributed by atoms with E-state index in [0.717, 1.165) is 25.2 Å². The zero-order valence-corrected chi connectivity index (χ0v) is 14.2. The molecule has 2 aliphatic rings. The molecular formula is C17H19BrClFO. The van der Waals surface area contributed by atoms with Gasteiger partial charge in [-0.2, -0.15) is 0 Å². The largest absolute Gasteiger partial charge is 0.294 e. The lowest BCUT2D eigenvalue weighted by Gasteiger charge is -2.38. The molecule has 0 spiro atoms. The molecule has 0 bridgehead atoms. The normalized spacial score (nSPS) is 29.0. The first kappa shape index (κ1) is 15.5. The smallest absolute Gasteiger partial charge is 0.168 e. The second-order valence-electron chi connectivity index (χ2n) is 6.40. The van der Waals surface area contributed by atoms with Crippen molar-refractivity contribution in [3.63, 3.8) is 0 Å². The lowest BCUT2D eigenvalue weighted by Crippen LogP contribution is -2.31. The number of hydrogen-bond acceptors (Lipinski definition) is 1. The molecule has 0 aliphatic heterocycles. The maximum absolute atomic E-state index is 14.2. The third-order valence-electron chi connectivity index (χ3n) is 5.21. The van der Waals surface area contributed by atoms with Gasteiger partial charge in [0, 0.05) is 10.4 Å². The van der Waals surface area contributed by atoms with Gasteiger partial charge in [-0.25, -0.2) is 4.39 Å². The summed E-state index contributed by atoms with van der Waals surface area (Å²) >= 11 is 9.09. The highest BCUT2D eigenvalue weighted by atomic mass is 79.9. The van der Waals surface area contributed by atoms with Gasteiger partial charge in [0.1, 0.15) is 0 Å². The van der Waals surface area contributed by atoms with Crippen LogP contribution in [-0.4, -0.2) is 5.78 Å². The second-order valence-corrected chi connectivity index (χ2v) is 7.63. The minimum atomic E-state index is -0.582. The maximum Gasteiger partial charge on any atom is 0.168 e. The van der Waals surface area contributed by atoms with E-state index < -0.39 is 5.82 Å². The van der Waals surface area contributed by atoms with Crippen LogP contribution in [0.1, 0.15) is 55.3 Å². The molecule has 21 heavy (non-hydrogen) atoms. The molecule has 2 aliphatic carbocycles. The van der Waals surface area contributed by atoms with E-state index >= 15 is 0 Å². The van der Waals surface area contributed by atoms with E-state index in [1.807, 2.05) is 0 Å². The standard InChI is InChI=1S/C17H19BrClFO/c18-14-8-7-13(16(20)15(14)19)17(21)12-6-5-10-3-1-2-4-11(10)9-12/h7-8,10-12H,1-6,9H2. The SMILES string of the molecule is O=C(c1ccc(Br)c(Cl)c1F)C1CCC2CCCCC2C1. The fraction of sp³-hybridized carbons (Fsp3) is 0.588. The van der Waals surface area contributed by atoms with Crippen LogP contribution in [0.5, 0.6) is 0 Å². The topological polar surface area (TPSA) is 17.1 Å². The first-order chi connectivity index (χ1) is 10.1. The number of carbonyl (C=O) groups excluding carboxylic acids is 1. The van der Waals surface area contributed by atoms with E-state index in [-0.39, 0.29) is 22.3 Å². The number of ketones is 1. The van der Waals surface area contributed by atoms with E-state index in [4.69, 9.17) is 11.6 Å². The molecule has 4 heteroatoms. The van der Waals surface area contributed by atoms with Gasteiger partial charge in [0.05, 0.1) is 10.6 Å². The predicted octanol–water partition coefficient (Wildman–Crippen LogP) is 6.03. The Bertz CT molecular complexity index is 560. The van der Waals surface area contributed by atoms with Crippen molar-refractivity contribution < 1.29 is 9.18 Å². The summed E-state index contributed by atoms with van der Waals surface area (Å²) in [5.74, 6) is 0.778. The molecule has 2 saturated carbocycles. The van der Waals surface area contributed by atoms with Gasteiger partial charge in [-0.1, -0.05) is 37.3 Å². The van der Waals surface area contributed by atoms with Crippen LogP contribution in [0.2, 0.25) is 5.02 Å². The Morgan fingerprint density at radius 3 is 2.62 bits per heavy atom. The maximum atomic E-state index is 14.2. The van der Waals surface area contributed by atoms with Crippen LogP contribution in [0.25, 0.3) is 0 Å². The number of fused-ring (bicyclic) bond motifs is 1. The van der Waals surface area contributed by atoms with Crippen LogP contribution in [0.4, 0.5) is 4.39 Å². The molecule has 1 nitrogen and oxygen atoms in total. The number of Topliss-reactive ketones (excluding diaryl/α,β-unsaturated/α-hetero) is 1. The minimum Gasteiger partial charge on any atom is -0.294 e. The average Bonchev–Trinajstić information content (AvgIpc) is 2.52. The number of hydrogen-bond donors (Lipinski definition) is 0. The highest BCUT2D eigenvalue weighted by Gasteiger charge is 2.36. The Balaban J connectivity index is 1.78. The number of rotatable bonds is 2. The van der Waals surface area contributed by atoms with E-state index in [9.17, 15) is 9.18 Å². The molecule has 114 valence electrons. The van der Waals surface area contributed by atoms with Crippen molar-refractivity contribution in [1.29, 1.82) is 0 Å². The van der Waals surface area contributed by atoms with Gasteiger partial charge < -0.3 is 0 Å². The monoisotopic (exact) mass is 372 g/mol.